The number of carboxylic acid groups (broad SMARTS) is 2. The third-order valence-electron chi connectivity index (χ3n) is 6.29. The number of carbonyl (C=O) groups is 4. The predicted octanol–water partition coefficient (Wildman–Crippen LogP) is 0.805. The molecule has 2 bridgehead atoms. The van der Waals surface area contributed by atoms with E-state index in [-0.39, 0.29) is 82.3 Å². The van der Waals surface area contributed by atoms with E-state index in [9.17, 15) is 19.2 Å². The summed E-state index contributed by atoms with van der Waals surface area (Å²) in [6, 6.07) is 0. The molecule has 3 heterocycles. The van der Waals surface area contributed by atoms with E-state index in [1.54, 1.807) is 0 Å². The maximum Gasteiger partial charge on any atom is 0.303 e. The molecule has 3 fully saturated rings. The van der Waals surface area contributed by atoms with Crippen LogP contribution < -0.4 is 21.3 Å². The molecule has 3 aliphatic rings. The fourth-order valence-electron chi connectivity index (χ4n) is 4.37. The van der Waals surface area contributed by atoms with Crippen molar-refractivity contribution in [3.05, 3.63) is 36.1 Å². The first-order chi connectivity index (χ1) is 18.2. The van der Waals surface area contributed by atoms with E-state index < -0.39 is 23.0 Å². The molecule has 41 heavy (non-hydrogen) atoms. The Bertz CT molecular complexity index is 671. The first kappa shape index (κ1) is 41.3. The molecule has 0 spiro atoms. The SMILES string of the molecule is O=C(O)CCCC(=O)NC12C[N-]CC[N-]CC(NC(=O)CCCC(=O)O)(C[N-]CC[N-]C1)CNCCNC2.[CH3-].[CH3-].[Cu]. The Morgan fingerprint density at radius 1 is 0.610 bits per heavy atom. The van der Waals surface area contributed by atoms with Crippen LogP contribution in [0.1, 0.15) is 38.5 Å². The summed E-state index contributed by atoms with van der Waals surface area (Å²) in [4.78, 5) is 46.9. The second-order valence-corrected chi connectivity index (χ2v) is 9.93. The van der Waals surface area contributed by atoms with Crippen molar-refractivity contribution in [2.45, 2.75) is 49.6 Å². The molecule has 6 N–H and O–H groups in total. The van der Waals surface area contributed by atoms with Crippen molar-refractivity contribution in [1.82, 2.24) is 21.3 Å². The van der Waals surface area contributed by atoms with Crippen molar-refractivity contribution in [3.63, 3.8) is 0 Å². The molecule has 0 aromatic heterocycles. The number of fused-ring (bicyclic) bond motifs is 15. The minimum absolute atomic E-state index is 0. The van der Waals surface area contributed by atoms with Crippen LogP contribution in [0.4, 0.5) is 0 Å². The Hall–Kier alpha value is -1.84. The molecule has 2 amide bonds. The zero-order chi connectivity index (χ0) is 27.7. The standard InChI is InChI=1S/C24H42N8O6.2CH3.Cu/c33-19(3-1-5-21(35)36)31-23-13-25-7-10-28-16-24(17-29-11-8-26-14-23,18-30-12-9-27-15-23)32-20(34)4-2-6-22(37)38;;;/h25,28H,1-18H2,(H,31,33)(H,32,34)(H,35,36)(H,37,38);2*1H3;/q-4;2*-1;. The number of nitrogens with zero attached hydrogens (tertiary/aromatic N) is 4. The molecule has 0 aromatic rings. The number of carboxylic acids is 2. The summed E-state index contributed by atoms with van der Waals surface area (Å²) >= 11 is 0. The Morgan fingerprint density at radius 3 is 1.22 bits per heavy atom. The fourth-order valence-corrected chi connectivity index (χ4v) is 4.37. The molecule has 0 saturated carbocycles. The molecule has 0 unspecified atom stereocenters. The van der Waals surface area contributed by atoms with Crippen molar-refractivity contribution in [1.29, 1.82) is 0 Å². The van der Waals surface area contributed by atoms with Crippen LogP contribution >= 0.6 is 0 Å². The van der Waals surface area contributed by atoms with Crippen LogP contribution in [0.15, 0.2) is 0 Å². The maximum atomic E-state index is 12.7. The minimum Gasteiger partial charge on any atom is -0.662 e. The van der Waals surface area contributed by atoms with Crippen LogP contribution in [0.5, 0.6) is 0 Å². The van der Waals surface area contributed by atoms with Gasteiger partial charge in [-0.1, -0.05) is 0 Å². The molecule has 14 nitrogen and oxygen atoms in total. The van der Waals surface area contributed by atoms with E-state index in [0.29, 0.717) is 78.5 Å². The predicted molar refractivity (Wildman–Crippen MR) is 156 cm³/mol. The number of hydrogen-bond donors (Lipinski definition) is 6. The normalized spacial score (nSPS) is 24.1. The van der Waals surface area contributed by atoms with Gasteiger partial charge >= 0.3 is 11.9 Å². The Kier molecular flexibility index (Phi) is 22.9. The van der Waals surface area contributed by atoms with Gasteiger partial charge in [-0.05, 0) is 12.8 Å². The summed E-state index contributed by atoms with van der Waals surface area (Å²) in [7, 11) is 0. The van der Waals surface area contributed by atoms with Gasteiger partial charge in [0.1, 0.15) is 0 Å². The number of rotatable bonds is 10. The first-order valence-electron chi connectivity index (χ1n) is 13.2. The molecule has 0 aromatic carbocycles. The van der Waals surface area contributed by atoms with Crippen LogP contribution in [0.2, 0.25) is 0 Å². The van der Waals surface area contributed by atoms with Gasteiger partial charge < -0.3 is 67.6 Å². The molecule has 0 aliphatic carbocycles. The van der Waals surface area contributed by atoms with Gasteiger partial charge in [-0.25, -0.2) is 0 Å². The van der Waals surface area contributed by atoms with Gasteiger partial charge in [0.05, 0.1) is 0 Å². The smallest absolute Gasteiger partial charge is 0.303 e. The van der Waals surface area contributed by atoms with Crippen molar-refractivity contribution < 1.29 is 46.5 Å². The first-order valence-corrected chi connectivity index (χ1v) is 13.2. The summed E-state index contributed by atoms with van der Waals surface area (Å²) in [6.45, 7) is 5.12. The molecule has 3 rings (SSSR count). The van der Waals surface area contributed by atoms with Crippen molar-refractivity contribution in [2.24, 2.45) is 0 Å². The number of carbonyl (C=O) groups excluding carboxylic acids is 2. The van der Waals surface area contributed by atoms with Crippen molar-refractivity contribution >= 4 is 23.8 Å². The summed E-state index contributed by atoms with van der Waals surface area (Å²) in [5.74, 6) is -2.31. The topological polar surface area (TPSA) is 213 Å². The van der Waals surface area contributed by atoms with E-state index in [1.807, 2.05) is 0 Å². The monoisotopic (exact) mass is 631 g/mol. The van der Waals surface area contributed by atoms with E-state index in [4.69, 9.17) is 10.2 Å². The molecule has 245 valence electrons. The van der Waals surface area contributed by atoms with E-state index in [2.05, 4.69) is 42.5 Å². The van der Waals surface area contributed by atoms with E-state index in [0.717, 1.165) is 0 Å². The van der Waals surface area contributed by atoms with Crippen LogP contribution in [0.25, 0.3) is 21.3 Å². The van der Waals surface area contributed by atoms with E-state index >= 15 is 0 Å². The average Bonchev–Trinajstić information content (AvgIpc) is 2.84. The van der Waals surface area contributed by atoms with Gasteiger partial charge in [0.15, 0.2) is 0 Å². The molecule has 3 aliphatic heterocycles. The zero-order valence-corrected chi connectivity index (χ0v) is 25.3. The quantitative estimate of drug-likeness (QED) is 0.149. The fraction of sp³-hybridized carbons (Fsp3) is 0.769. The molecule has 3 saturated heterocycles. The maximum absolute atomic E-state index is 12.7. The second kappa shape index (κ2) is 22.7. The van der Waals surface area contributed by atoms with Crippen LogP contribution in [0, 0.1) is 14.9 Å². The number of amides is 2. The largest absolute Gasteiger partial charge is 0.662 e. The Balaban J connectivity index is 0. The van der Waals surface area contributed by atoms with Gasteiger partial charge in [-0.2, -0.15) is 26.2 Å². The van der Waals surface area contributed by atoms with Crippen LogP contribution in [-0.2, 0) is 36.2 Å². The summed E-state index contributed by atoms with van der Waals surface area (Å²) in [5, 5.41) is 49.2. The summed E-state index contributed by atoms with van der Waals surface area (Å²) < 4.78 is 0. The summed E-state index contributed by atoms with van der Waals surface area (Å²) in [6.07, 6.45) is 0.629. The minimum atomic E-state index is -0.930. The van der Waals surface area contributed by atoms with Gasteiger partial charge in [-0.15, -0.1) is 26.2 Å². The number of nitrogens with one attached hydrogen (secondary N) is 4. The van der Waals surface area contributed by atoms with Crippen molar-refractivity contribution in [3.8, 4) is 0 Å². The molecular formula is C26H48CuN8O6-6. The Morgan fingerprint density at radius 2 is 0.927 bits per heavy atom. The molecule has 1 radical (unpaired) electrons. The third kappa shape index (κ3) is 17.7. The Labute approximate surface area is 255 Å². The van der Waals surface area contributed by atoms with Gasteiger partial charge in [-0.3, -0.25) is 19.2 Å². The van der Waals surface area contributed by atoms with Crippen molar-refractivity contribution in [2.75, 3.05) is 78.5 Å². The average molecular weight is 632 g/mol. The van der Waals surface area contributed by atoms with Crippen LogP contribution in [-0.4, -0.2) is 124 Å². The number of hydrogen-bond acceptors (Lipinski definition) is 6. The zero-order valence-electron chi connectivity index (χ0n) is 24.3. The molecular weight excluding hydrogens is 584 g/mol. The van der Waals surface area contributed by atoms with Crippen LogP contribution in [0.3, 0.4) is 0 Å². The second-order valence-electron chi connectivity index (χ2n) is 9.93. The van der Waals surface area contributed by atoms with Gasteiger partial charge in [0.25, 0.3) is 0 Å². The van der Waals surface area contributed by atoms with Gasteiger partial charge in [0, 0.05) is 80.0 Å². The number of aliphatic carboxylic acids is 2. The van der Waals surface area contributed by atoms with Gasteiger partial charge in [0.2, 0.25) is 11.8 Å². The summed E-state index contributed by atoms with van der Waals surface area (Å²) in [5.41, 5.74) is -1.47. The molecule has 15 heteroatoms. The third-order valence-corrected chi connectivity index (χ3v) is 6.29. The van der Waals surface area contributed by atoms with E-state index in [1.165, 1.54) is 0 Å². The molecule has 0 atom stereocenters.